The summed E-state index contributed by atoms with van der Waals surface area (Å²) in [6, 6.07) is 5.47. The predicted molar refractivity (Wildman–Crippen MR) is 98.9 cm³/mol. The zero-order valence-electron chi connectivity index (χ0n) is 15.9. The van der Waals surface area contributed by atoms with Gasteiger partial charge in [-0.3, -0.25) is 10.1 Å². The first-order valence-corrected chi connectivity index (χ1v) is 8.65. The Morgan fingerprint density at radius 2 is 1.96 bits per heavy atom. The molecule has 25 heavy (non-hydrogen) atoms. The molecule has 0 aliphatic heterocycles. The van der Waals surface area contributed by atoms with E-state index in [2.05, 4.69) is 25.2 Å². The van der Waals surface area contributed by atoms with Crippen molar-refractivity contribution in [2.24, 2.45) is 0 Å². The van der Waals surface area contributed by atoms with E-state index in [4.69, 9.17) is 9.15 Å². The van der Waals surface area contributed by atoms with Gasteiger partial charge in [-0.2, -0.15) is 0 Å². The third-order valence-electron chi connectivity index (χ3n) is 4.35. The molecule has 2 aromatic rings. The quantitative estimate of drug-likeness (QED) is 0.639. The molecule has 5 nitrogen and oxygen atoms in total. The van der Waals surface area contributed by atoms with Crippen LogP contribution in [0.15, 0.2) is 27.4 Å². The average molecular weight is 345 g/mol. The molecule has 0 atom stereocenters. The van der Waals surface area contributed by atoms with Crippen molar-refractivity contribution in [3.05, 3.63) is 45.3 Å². The van der Waals surface area contributed by atoms with Gasteiger partial charge in [0.1, 0.15) is 11.1 Å². The van der Waals surface area contributed by atoms with Crippen LogP contribution < -0.4 is 10.9 Å². The van der Waals surface area contributed by atoms with Gasteiger partial charge in [-0.25, -0.2) is 4.79 Å². The first-order valence-electron chi connectivity index (χ1n) is 8.65. The Labute approximate surface area is 148 Å². The van der Waals surface area contributed by atoms with Gasteiger partial charge in [0.25, 0.3) is 0 Å². The Kier molecular flexibility index (Phi) is 5.68. The fourth-order valence-corrected chi connectivity index (χ4v) is 2.86. The van der Waals surface area contributed by atoms with Gasteiger partial charge in [-0.1, -0.05) is 13.8 Å². The number of hydrogen-bond donors (Lipinski definition) is 1. The summed E-state index contributed by atoms with van der Waals surface area (Å²) in [7, 11) is 0. The van der Waals surface area contributed by atoms with Crippen molar-refractivity contribution < 1.29 is 13.9 Å². The van der Waals surface area contributed by atoms with E-state index in [-0.39, 0.29) is 5.97 Å². The summed E-state index contributed by atoms with van der Waals surface area (Å²) >= 11 is 0. The molecule has 5 heteroatoms. The zero-order chi connectivity index (χ0) is 18.8. The molecule has 0 radical (unpaired) electrons. The smallest absolute Gasteiger partial charge is 0.336 e. The van der Waals surface area contributed by atoms with Crippen molar-refractivity contribution in [3.8, 4) is 0 Å². The van der Waals surface area contributed by atoms with Crippen molar-refractivity contribution in [1.82, 2.24) is 5.32 Å². The summed E-state index contributed by atoms with van der Waals surface area (Å²) in [5.41, 5.74) is 2.46. The largest absolute Gasteiger partial charge is 0.465 e. The highest BCUT2D eigenvalue weighted by molar-refractivity contribution is 5.83. The van der Waals surface area contributed by atoms with Crippen LogP contribution in [0.25, 0.3) is 11.0 Å². The second kappa shape index (κ2) is 7.40. The first-order chi connectivity index (χ1) is 11.7. The van der Waals surface area contributed by atoms with Crippen LogP contribution >= 0.6 is 0 Å². The van der Waals surface area contributed by atoms with E-state index in [1.807, 2.05) is 13.0 Å². The fourth-order valence-electron chi connectivity index (χ4n) is 2.86. The monoisotopic (exact) mass is 345 g/mol. The number of carbonyl (C=O) groups is 1. The van der Waals surface area contributed by atoms with Crippen LogP contribution in [-0.2, 0) is 16.1 Å². The van der Waals surface area contributed by atoms with Crippen LogP contribution in [0.1, 0.15) is 57.2 Å². The zero-order valence-corrected chi connectivity index (χ0v) is 15.9. The molecule has 2 rings (SSSR count). The number of ether oxygens (including phenoxy) is 1. The first kappa shape index (κ1) is 19.2. The molecule has 0 fully saturated rings. The van der Waals surface area contributed by atoms with Gasteiger partial charge in [0, 0.05) is 18.0 Å². The number of benzene rings is 1. The summed E-state index contributed by atoms with van der Waals surface area (Å²) in [6.45, 7) is 12.3. The summed E-state index contributed by atoms with van der Waals surface area (Å²) < 4.78 is 10.5. The molecule has 0 saturated carbocycles. The van der Waals surface area contributed by atoms with Crippen molar-refractivity contribution in [3.63, 3.8) is 0 Å². The normalized spacial score (nSPS) is 12.0. The molecule has 0 unspecified atom stereocenters. The SMILES string of the molecule is CCOC(=O)C(C)(C)NCc1cc(=O)oc2cc(C)c(C(C)C)cc12. The van der Waals surface area contributed by atoms with Gasteiger partial charge in [-0.15, -0.1) is 0 Å². The summed E-state index contributed by atoms with van der Waals surface area (Å²) in [6.07, 6.45) is 0. The minimum atomic E-state index is -0.843. The number of aryl methyl sites for hydroxylation is 1. The fraction of sp³-hybridized carbons (Fsp3) is 0.500. The van der Waals surface area contributed by atoms with E-state index in [9.17, 15) is 9.59 Å². The second-order valence-electron chi connectivity index (χ2n) is 7.15. The maximum absolute atomic E-state index is 12.0. The molecule has 1 heterocycles. The van der Waals surface area contributed by atoms with Gasteiger partial charge in [0.15, 0.2) is 0 Å². The van der Waals surface area contributed by atoms with Crippen LogP contribution in [0.3, 0.4) is 0 Å². The van der Waals surface area contributed by atoms with Crippen LogP contribution in [0.4, 0.5) is 0 Å². The molecular weight excluding hydrogens is 318 g/mol. The number of hydrogen-bond acceptors (Lipinski definition) is 5. The van der Waals surface area contributed by atoms with Gasteiger partial charge in [-0.05, 0) is 62.4 Å². The van der Waals surface area contributed by atoms with Crippen molar-refractivity contribution in [1.29, 1.82) is 0 Å². The molecule has 0 aliphatic carbocycles. The van der Waals surface area contributed by atoms with Gasteiger partial charge >= 0.3 is 11.6 Å². The summed E-state index contributed by atoms with van der Waals surface area (Å²) in [4.78, 5) is 23.9. The topological polar surface area (TPSA) is 68.5 Å². The molecule has 0 bridgehead atoms. The molecule has 0 aliphatic rings. The second-order valence-corrected chi connectivity index (χ2v) is 7.15. The minimum absolute atomic E-state index is 0.319. The van der Waals surface area contributed by atoms with Crippen LogP contribution in [0.5, 0.6) is 0 Å². The number of carbonyl (C=O) groups excluding carboxylic acids is 1. The van der Waals surface area contributed by atoms with Crippen molar-refractivity contribution in [2.75, 3.05) is 6.61 Å². The number of esters is 1. The van der Waals surface area contributed by atoms with Gasteiger partial charge in [0.2, 0.25) is 0 Å². The van der Waals surface area contributed by atoms with Crippen LogP contribution in [-0.4, -0.2) is 18.1 Å². The van der Waals surface area contributed by atoms with E-state index in [0.717, 1.165) is 16.5 Å². The molecular formula is C20H27NO4. The lowest BCUT2D eigenvalue weighted by Crippen LogP contribution is -2.47. The van der Waals surface area contributed by atoms with Crippen LogP contribution in [0.2, 0.25) is 0 Å². The lowest BCUT2D eigenvalue weighted by Gasteiger charge is -2.24. The Hall–Kier alpha value is -2.14. The van der Waals surface area contributed by atoms with Crippen molar-refractivity contribution >= 4 is 16.9 Å². The lowest BCUT2D eigenvalue weighted by molar-refractivity contribution is -0.149. The maximum Gasteiger partial charge on any atom is 0.336 e. The maximum atomic E-state index is 12.0. The molecule has 0 saturated heterocycles. The van der Waals surface area contributed by atoms with E-state index >= 15 is 0 Å². The van der Waals surface area contributed by atoms with E-state index < -0.39 is 11.2 Å². The number of fused-ring (bicyclic) bond motifs is 1. The lowest BCUT2D eigenvalue weighted by atomic mass is 9.94. The Morgan fingerprint density at radius 3 is 2.56 bits per heavy atom. The van der Waals surface area contributed by atoms with E-state index in [1.54, 1.807) is 20.8 Å². The highest BCUT2D eigenvalue weighted by Crippen LogP contribution is 2.27. The molecule has 0 amide bonds. The average Bonchev–Trinajstić information content (AvgIpc) is 2.51. The standard InChI is InChI=1S/C20H27NO4/c1-7-24-19(23)20(5,6)21-11-14-9-18(22)25-17-8-13(4)15(12(2)3)10-16(14)17/h8-10,12,21H,7,11H2,1-6H3. The van der Waals surface area contributed by atoms with Crippen molar-refractivity contribution in [2.45, 2.75) is 59.5 Å². The Balaban J connectivity index is 2.42. The predicted octanol–water partition coefficient (Wildman–Crippen LogP) is 3.66. The Bertz CT molecular complexity index is 833. The number of rotatable bonds is 6. The summed E-state index contributed by atoms with van der Waals surface area (Å²) in [5, 5.41) is 4.08. The molecule has 1 aromatic heterocycles. The highest BCUT2D eigenvalue weighted by atomic mass is 16.5. The van der Waals surface area contributed by atoms with Crippen LogP contribution in [0, 0.1) is 6.92 Å². The minimum Gasteiger partial charge on any atom is -0.465 e. The van der Waals surface area contributed by atoms with Gasteiger partial charge in [0.05, 0.1) is 6.61 Å². The molecule has 1 aromatic carbocycles. The highest BCUT2D eigenvalue weighted by Gasteiger charge is 2.28. The Morgan fingerprint density at radius 1 is 1.28 bits per heavy atom. The molecule has 136 valence electrons. The summed E-state index contributed by atoms with van der Waals surface area (Å²) in [5.74, 6) is 0.0501. The van der Waals surface area contributed by atoms with E-state index in [0.29, 0.717) is 24.7 Å². The molecule has 1 N–H and O–H groups in total. The third kappa shape index (κ3) is 4.28. The third-order valence-corrected chi connectivity index (χ3v) is 4.35. The number of nitrogens with one attached hydrogen (secondary N) is 1. The molecule has 0 spiro atoms. The van der Waals surface area contributed by atoms with Gasteiger partial charge < -0.3 is 9.15 Å². The van der Waals surface area contributed by atoms with E-state index in [1.165, 1.54) is 11.6 Å².